The summed E-state index contributed by atoms with van der Waals surface area (Å²) >= 11 is 0. The molecule has 0 aliphatic carbocycles. The van der Waals surface area contributed by atoms with Crippen LogP contribution in [0.15, 0.2) is 24.5 Å². The standard InChI is InChI=1S/C16H21N3O2.C2HF3O2/c1-3-18-8-6-16(15(18)21)11-19(10-12(16)2)14(20)13-5-4-7-17-9-13;3-2(4,5)1(6)7/h4-5,7,9,12H,3,6,8,10-11H2,1-2H3;(H,6,7)/t12-,16-;/m1./s1. The molecule has 154 valence electrons. The van der Waals surface area contributed by atoms with Crippen LogP contribution in [0, 0.1) is 11.3 Å². The predicted octanol–water partition coefficient (Wildman–Crippen LogP) is 2.05. The van der Waals surface area contributed by atoms with Crippen LogP contribution in [0.1, 0.15) is 30.6 Å². The van der Waals surface area contributed by atoms with E-state index in [1.54, 1.807) is 24.5 Å². The van der Waals surface area contributed by atoms with E-state index in [-0.39, 0.29) is 23.1 Å². The molecular weight excluding hydrogens is 379 g/mol. The zero-order chi connectivity index (χ0) is 21.1. The van der Waals surface area contributed by atoms with Crippen LogP contribution in [0.5, 0.6) is 0 Å². The van der Waals surface area contributed by atoms with Crippen LogP contribution < -0.4 is 0 Å². The first-order valence-corrected chi connectivity index (χ1v) is 8.81. The molecule has 10 heteroatoms. The van der Waals surface area contributed by atoms with Gasteiger partial charge in [0.2, 0.25) is 5.91 Å². The Bertz CT molecular complexity index is 741. The van der Waals surface area contributed by atoms with Crippen molar-refractivity contribution in [3.05, 3.63) is 30.1 Å². The Hall–Kier alpha value is -2.65. The molecule has 0 aromatic carbocycles. The summed E-state index contributed by atoms with van der Waals surface area (Å²) in [5.74, 6) is -2.34. The predicted molar refractivity (Wildman–Crippen MR) is 92.3 cm³/mol. The van der Waals surface area contributed by atoms with Gasteiger partial charge in [0.25, 0.3) is 5.91 Å². The number of carbonyl (C=O) groups excluding carboxylic acids is 2. The van der Waals surface area contributed by atoms with Gasteiger partial charge < -0.3 is 14.9 Å². The summed E-state index contributed by atoms with van der Waals surface area (Å²) in [6.45, 7) is 6.86. The second-order valence-corrected chi connectivity index (χ2v) is 6.92. The average molecular weight is 401 g/mol. The smallest absolute Gasteiger partial charge is 0.475 e. The molecule has 0 radical (unpaired) electrons. The summed E-state index contributed by atoms with van der Waals surface area (Å²) in [6, 6.07) is 3.54. The van der Waals surface area contributed by atoms with Gasteiger partial charge in [-0.3, -0.25) is 14.6 Å². The van der Waals surface area contributed by atoms with Gasteiger partial charge in [-0.05, 0) is 31.4 Å². The maximum absolute atomic E-state index is 12.7. The Morgan fingerprint density at radius 3 is 2.50 bits per heavy atom. The topological polar surface area (TPSA) is 90.8 Å². The summed E-state index contributed by atoms with van der Waals surface area (Å²) in [5.41, 5.74) is 0.230. The quantitative estimate of drug-likeness (QED) is 0.819. The van der Waals surface area contributed by atoms with Gasteiger partial charge in [-0.2, -0.15) is 13.2 Å². The number of carbonyl (C=O) groups is 3. The Kier molecular flexibility index (Phi) is 6.30. The van der Waals surface area contributed by atoms with Crippen molar-refractivity contribution in [2.75, 3.05) is 26.2 Å². The van der Waals surface area contributed by atoms with Crippen molar-refractivity contribution in [3.63, 3.8) is 0 Å². The minimum Gasteiger partial charge on any atom is -0.475 e. The summed E-state index contributed by atoms with van der Waals surface area (Å²) in [4.78, 5) is 41.8. The molecule has 3 heterocycles. The second kappa shape index (κ2) is 8.15. The first kappa shape index (κ1) is 21.6. The number of aromatic nitrogens is 1. The lowest BCUT2D eigenvalue weighted by Crippen LogP contribution is -2.40. The molecule has 2 atom stereocenters. The molecule has 3 rings (SSSR count). The number of pyridine rings is 1. The lowest BCUT2D eigenvalue weighted by atomic mass is 9.78. The van der Waals surface area contributed by atoms with Crippen LogP contribution in [0.3, 0.4) is 0 Å². The van der Waals surface area contributed by atoms with Gasteiger partial charge in [-0.15, -0.1) is 0 Å². The lowest BCUT2D eigenvalue weighted by molar-refractivity contribution is -0.192. The fraction of sp³-hybridized carbons (Fsp3) is 0.556. The highest BCUT2D eigenvalue weighted by molar-refractivity contribution is 5.95. The number of carboxylic acids is 1. The van der Waals surface area contributed by atoms with E-state index < -0.39 is 12.1 Å². The average Bonchev–Trinajstić information content (AvgIpc) is 3.16. The minimum atomic E-state index is -5.08. The van der Waals surface area contributed by atoms with Crippen molar-refractivity contribution in [1.29, 1.82) is 0 Å². The van der Waals surface area contributed by atoms with Gasteiger partial charge in [-0.1, -0.05) is 6.92 Å². The molecule has 28 heavy (non-hydrogen) atoms. The van der Waals surface area contributed by atoms with E-state index in [1.165, 1.54) is 0 Å². The zero-order valence-electron chi connectivity index (χ0n) is 15.6. The molecular formula is C18H22F3N3O4. The van der Waals surface area contributed by atoms with Crippen LogP contribution in [-0.4, -0.2) is 70.0 Å². The van der Waals surface area contributed by atoms with E-state index in [9.17, 15) is 22.8 Å². The van der Waals surface area contributed by atoms with Gasteiger partial charge in [0.05, 0.1) is 11.0 Å². The Morgan fingerprint density at radius 1 is 1.39 bits per heavy atom. The molecule has 2 amide bonds. The number of rotatable bonds is 2. The largest absolute Gasteiger partial charge is 0.490 e. The van der Waals surface area contributed by atoms with E-state index in [0.717, 1.165) is 19.5 Å². The second-order valence-electron chi connectivity index (χ2n) is 6.92. The summed E-state index contributed by atoms with van der Waals surface area (Å²) in [6.07, 6.45) is -0.977. The minimum absolute atomic E-state index is 0.0189. The van der Waals surface area contributed by atoms with Crippen LogP contribution in [-0.2, 0) is 9.59 Å². The van der Waals surface area contributed by atoms with Crippen LogP contribution >= 0.6 is 0 Å². The summed E-state index contributed by atoms with van der Waals surface area (Å²) in [7, 11) is 0. The number of carboxylic acid groups (broad SMARTS) is 1. The van der Waals surface area contributed by atoms with E-state index in [2.05, 4.69) is 11.9 Å². The monoisotopic (exact) mass is 401 g/mol. The molecule has 2 aliphatic rings. The van der Waals surface area contributed by atoms with Crippen molar-refractivity contribution in [3.8, 4) is 0 Å². The number of alkyl halides is 3. The first-order valence-electron chi connectivity index (χ1n) is 8.81. The highest BCUT2D eigenvalue weighted by atomic mass is 19.4. The van der Waals surface area contributed by atoms with Crippen molar-refractivity contribution >= 4 is 17.8 Å². The third-order valence-electron chi connectivity index (χ3n) is 5.27. The number of amides is 2. The molecule has 0 saturated carbocycles. The summed E-state index contributed by atoms with van der Waals surface area (Å²) < 4.78 is 31.7. The Balaban J connectivity index is 0.000000345. The van der Waals surface area contributed by atoms with Crippen molar-refractivity contribution < 1.29 is 32.7 Å². The molecule has 1 N–H and O–H groups in total. The van der Waals surface area contributed by atoms with Gasteiger partial charge >= 0.3 is 12.1 Å². The number of halogens is 3. The van der Waals surface area contributed by atoms with Gasteiger partial charge in [0, 0.05) is 38.6 Å². The maximum atomic E-state index is 12.7. The molecule has 2 aliphatic heterocycles. The summed E-state index contributed by atoms with van der Waals surface area (Å²) in [5, 5.41) is 7.12. The van der Waals surface area contributed by atoms with Crippen LogP contribution in [0.25, 0.3) is 0 Å². The Morgan fingerprint density at radius 2 is 2.04 bits per heavy atom. The molecule has 1 spiro atoms. The Labute approximate surface area is 160 Å². The van der Waals surface area contributed by atoms with Gasteiger partial charge in [0.1, 0.15) is 0 Å². The van der Waals surface area contributed by atoms with Gasteiger partial charge in [0.15, 0.2) is 0 Å². The number of hydrogen-bond acceptors (Lipinski definition) is 4. The van der Waals surface area contributed by atoms with Crippen molar-refractivity contribution in [2.24, 2.45) is 11.3 Å². The molecule has 1 aromatic heterocycles. The number of likely N-dealkylation sites (tertiary alicyclic amines) is 2. The van der Waals surface area contributed by atoms with Crippen molar-refractivity contribution in [1.82, 2.24) is 14.8 Å². The SMILES string of the molecule is CCN1CC[C@]2(CN(C(=O)c3cccnc3)C[C@H]2C)C1=O.O=C(O)C(F)(F)F. The lowest BCUT2D eigenvalue weighted by Gasteiger charge is -2.26. The fourth-order valence-electron chi connectivity index (χ4n) is 3.66. The van der Waals surface area contributed by atoms with E-state index in [1.807, 2.05) is 16.7 Å². The maximum Gasteiger partial charge on any atom is 0.490 e. The van der Waals surface area contributed by atoms with E-state index in [4.69, 9.17) is 9.90 Å². The van der Waals surface area contributed by atoms with Gasteiger partial charge in [-0.25, -0.2) is 4.79 Å². The highest BCUT2D eigenvalue weighted by Crippen LogP contribution is 2.44. The molecule has 7 nitrogen and oxygen atoms in total. The third kappa shape index (κ3) is 4.26. The molecule has 2 fully saturated rings. The zero-order valence-corrected chi connectivity index (χ0v) is 15.6. The van der Waals surface area contributed by atoms with Crippen molar-refractivity contribution in [2.45, 2.75) is 26.4 Å². The van der Waals surface area contributed by atoms with E-state index >= 15 is 0 Å². The van der Waals surface area contributed by atoms with Crippen LogP contribution in [0.4, 0.5) is 13.2 Å². The first-order chi connectivity index (χ1) is 13.0. The number of hydrogen-bond donors (Lipinski definition) is 1. The van der Waals surface area contributed by atoms with Crippen LogP contribution in [0.2, 0.25) is 0 Å². The van der Waals surface area contributed by atoms with E-state index in [0.29, 0.717) is 18.7 Å². The number of aliphatic carboxylic acids is 1. The third-order valence-corrected chi connectivity index (χ3v) is 5.27. The normalized spacial score (nSPS) is 24.3. The molecule has 1 aromatic rings. The molecule has 2 saturated heterocycles. The number of nitrogens with zero attached hydrogens (tertiary/aromatic N) is 3. The fourth-order valence-corrected chi connectivity index (χ4v) is 3.66. The molecule has 0 unspecified atom stereocenters. The highest BCUT2D eigenvalue weighted by Gasteiger charge is 2.55. The molecule has 0 bridgehead atoms.